The average Bonchev–Trinajstić information content (AvgIpc) is 2.47. The van der Waals surface area contributed by atoms with Crippen molar-refractivity contribution in [1.29, 1.82) is 0 Å². The number of carboxylic acids is 1. The molecule has 1 aromatic carbocycles. The number of hydrogen-bond acceptors (Lipinski definition) is 3. The maximum Gasteiger partial charge on any atom is 0.354 e. The predicted octanol–water partition coefficient (Wildman–Crippen LogP) is 2.62. The number of halogens is 2. The van der Waals surface area contributed by atoms with Gasteiger partial charge in [0.05, 0.1) is 5.56 Å². The van der Waals surface area contributed by atoms with Crippen molar-refractivity contribution in [2.45, 2.75) is 6.92 Å². The van der Waals surface area contributed by atoms with Gasteiger partial charge in [0, 0.05) is 6.20 Å². The third kappa shape index (κ3) is 3.02. The van der Waals surface area contributed by atoms with E-state index in [0.29, 0.717) is 0 Å². The first kappa shape index (κ1) is 14.6. The smallest absolute Gasteiger partial charge is 0.354 e. The molecule has 0 spiro atoms. The summed E-state index contributed by atoms with van der Waals surface area (Å²) >= 11 is 0. The quantitative estimate of drug-likeness (QED) is 0.911. The molecular weight excluding hydrogens is 282 g/mol. The van der Waals surface area contributed by atoms with Gasteiger partial charge in [-0.1, -0.05) is 6.07 Å². The fraction of sp³-hybridized carbons (Fsp3) is 0.0714. The number of rotatable bonds is 3. The Balaban J connectivity index is 2.26. The second-order valence-electron chi connectivity index (χ2n) is 4.24. The minimum atomic E-state index is -1.24. The molecular formula is C14H10F2N2O3. The van der Waals surface area contributed by atoms with Crippen LogP contribution in [-0.2, 0) is 0 Å². The summed E-state index contributed by atoms with van der Waals surface area (Å²) in [5, 5.41) is 10.8. The number of aromatic nitrogens is 1. The van der Waals surface area contributed by atoms with Crippen molar-refractivity contribution >= 4 is 17.6 Å². The Morgan fingerprint density at radius 1 is 1.19 bits per heavy atom. The number of aromatic carboxylic acids is 1. The number of benzene rings is 1. The maximum absolute atomic E-state index is 13.8. The number of pyridine rings is 1. The number of anilines is 1. The zero-order valence-electron chi connectivity index (χ0n) is 10.9. The summed E-state index contributed by atoms with van der Waals surface area (Å²) in [5.74, 6) is -3.79. The van der Waals surface area contributed by atoms with Gasteiger partial charge in [0.25, 0.3) is 5.91 Å². The van der Waals surface area contributed by atoms with Crippen LogP contribution in [0.3, 0.4) is 0 Å². The van der Waals surface area contributed by atoms with Gasteiger partial charge in [-0.3, -0.25) is 4.79 Å². The fourth-order valence-corrected chi connectivity index (χ4v) is 1.61. The van der Waals surface area contributed by atoms with Crippen molar-refractivity contribution in [3.63, 3.8) is 0 Å². The number of aryl methyl sites for hydroxylation is 1. The van der Waals surface area contributed by atoms with Gasteiger partial charge in [0.1, 0.15) is 17.2 Å². The predicted molar refractivity (Wildman–Crippen MR) is 70.2 cm³/mol. The molecule has 2 aromatic rings. The molecule has 0 saturated carbocycles. The van der Waals surface area contributed by atoms with Gasteiger partial charge in [-0.25, -0.2) is 18.6 Å². The lowest BCUT2D eigenvalue weighted by Crippen LogP contribution is -2.15. The first-order chi connectivity index (χ1) is 9.90. The largest absolute Gasteiger partial charge is 0.477 e. The van der Waals surface area contributed by atoms with Crippen molar-refractivity contribution in [3.8, 4) is 0 Å². The van der Waals surface area contributed by atoms with Gasteiger partial charge in [-0.15, -0.1) is 0 Å². The summed E-state index contributed by atoms with van der Waals surface area (Å²) in [4.78, 5) is 26.1. The van der Waals surface area contributed by atoms with Crippen LogP contribution in [0.2, 0.25) is 0 Å². The molecule has 0 unspecified atom stereocenters. The maximum atomic E-state index is 13.8. The Labute approximate surface area is 118 Å². The van der Waals surface area contributed by atoms with Gasteiger partial charge < -0.3 is 10.4 Å². The molecule has 1 heterocycles. The Bertz CT molecular complexity index is 715. The third-order valence-corrected chi connectivity index (χ3v) is 2.77. The van der Waals surface area contributed by atoms with Crippen molar-refractivity contribution in [1.82, 2.24) is 4.98 Å². The number of carbonyl (C=O) groups excluding carboxylic acids is 1. The van der Waals surface area contributed by atoms with E-state index in [1.54, 1.807) is 0 Å². The molecule has 1 amide bonds. The second kappa shape index (κ2) is 5.66. The lowest BCUT2D eigenvalue weighted by atomic mass is 10.2. The molecule has 0 aliphatic rings. The Hall–Kier alpha value is -2.83. The summed E-state index contributed by atoms with van der Waals surface area (Å²) in [6.45, 7) is 1.44. The Kier molecular flexibility index (Phi) is 3.93. The lowest BCUT2D eigenvalue weighted by molar-refractivity contribution is 0.0690. The van der Waals surface area contributed by atoms with E-state index in [1.807, 2.05) is 0 Å². The normalized spacial score (nSPS) is 10.2. The van der Waals surface area contributed by atoms with E-state index < -0.39 is 29.2 Å². The molecule has 21 heavy (non-hydrogen) atoms. The van der Waals surface area contributed by atoms with Crippen LogP contribution in [0.25, 0.3) is 0 Å². The minimum Gasteiger partial charge on any atom is -0.477 e. The third-order valence-electron chi connectivity index (χ3n) is 2.77. The lowest BCUT2D eigenvalue weighted by Gasteiger charge is -2.09. The van der Waals surface area contributed by atoms with E-state index in [0.717, 1.165) is 18.3 Å². The molecule has 7 heteroatoms. The van der Waals surface area contributed by atoms with Crippen LogP contribution in [0.5, 0.6) is 0 Å². The van der Waals surface area contributed by atoms with Gasteiger partial charge in [-0.05, 0) is 30.7 Å². The van der Waals surface area contributed by atoms with Crippen LogP contribution in [0.1, 0.15) is 26.4 Å². The first-order valence-electron chi connectivity index (χ1n) is 5.85. The van der Waals surface area contributed by atoms with Crippen molar-refractivity contribution in [3.05, 3.63) is 58.9 Å². The van der Waals surface area contributed by atoms with Crippen LogP contribution in [-0.4, -0.2) is 22.0 Å². The highest BCUT2D eigenvalue weighted by atomic mass is 19.1. The molecule has 108 valence electrons. The van der Waals surface area contributed by atoms with E-state index >= 15 is 0 Å². The van der Waals surface area contributed by atoms with Crippen molar-refractivity contribution in [2.24, 2.45) is 0 Å². The highest BCUT2D eigenvalue weighted by Gasteiger charge is 2.16. The summed E-state index contributed by atoms with van der Waals surface area (Å²) < 4.78 is 27.3. The van der Waals surface area contributed by atoms with Crippen LogP contribution in [0.15, 0.2) is 30.5 Å². The van der Waals surface area contributed by atoms with Crippen LogP contribution < -0.4 is 5.32 Å². The monoisotopic (exact) mass is 292 g/mol. The number of nitrogens with zero attached hydrogens (tertiary/aromatic N) is 1. The van der Waals surface area contributed by atoms with E-state index in [9.17, 15) is 18.4 Å². The summed E-state index contributed by atoms with van der Waals surface area (Å²) in [6.07, 6.45) is 1.02. The molecule has 1 aromatic heterocycles. The molecule has 2 N–H and O–H groups in total. The standard InChI is InChI=1S/C14H10F2N2O3/c1-7-2-4-9(15)12(11(7)16)18-13(19)8-3-5-10(14(20)21)17-6-8/h2-6H,1H3,(H,18,19)(H,20,21). The molecule has 0 fully saturated rings. The summed E-state index contributed by atoms with van der Waals surface area (Å²) in [7, 11) is 0. The van der Waals surface area contributed by atoms with E-state index in [-0.39, 0.29) is 16.8 Å². The highest BCUT2D eigenvalue weighted by Crippen LogP contribution is 2.22. The van der Waals surface area contributed by atoms with Crippen molar-refractivity contribution < 1.29 is 23.5 Å². The molecule has 2 rings (SSSR count). The van der Waals surface area contributed by atoms with E-state index in [1.165, 1.54) is 19.1 Å². The average molecular weight is 292 g/mol. The number of amides is 1. The number of hydrogen-bond donors (Lipinski definition) is 2. The molecule has 0 radical (unpaired) electrons. The molecule has 0 atom stereocenters. The molecule has 0 bridgehead atoms. The zero-order chi connectivity index (χ0) is 15.6. The topological polar surface area (TPSA) is 79.3 Å². The highest BCUT2D eigenvalue weighted by molar-refractivity contribution is 6.04. The fourth-order valence-electron chi connectivity index (χ4n) is 1.61. The molecule has 0 aliphatic carbocycles. The van der Waals surface area contributed by atoms with Gasteiger partial charge in [0.2, 0.25) is 0 Å². The van der Waals surface area contributed by atoms with Gasteiger partial charge in [-0.2, -0.15) is 0 Å². The van der Waals surface area contributed by atoms with E-state index in [2.05, 4.69) is 10.3 Å². The summed E-state index contributed by atoms with van der Waals surface area (Å²) in [5.41, 5.74) is -0.617. The van der Waals surface area contributed by atoms with Crippen LogP contribution in [0, 0.1) is 18.6 Å². The van der Waals surface area contributed by atoms with Gasteiger partial charge in [0.15, 0.2) is 5.82 Å². The number of carboxylic acid groups (broad SMARTS) is 1. The SMILES string of the molecule is Cc1ccc(F)c(NC(=O)c2ccc(C(=O)O)nc2)c1F. The summed E-state index contributed by atoms with van der Waals surface area (Å²) in [6, 6.07) is 4.63. The zero-order valence-corrected chi connectivity index (χ0v) is 10.9. The number of carbonyl (C=O) groups is 2. The van der Waals surface area contributed by atoms with Crippen LogP contribution >= 0.6 is 0 Å². The minimum absolute atomic E-state index is 0.0136. The Morgan fingerprint density at radius 3 is 2.48 bits per heavy atom. The molecule has 5 nitrogen and oxygen atoms in total. The first-order valence-corrected chi connectivity index (χ1v) is 5.85. The molecule has 0 saturated heterocycles. The second-order valence-corrected chi connectivity index (χ2v) is 4.24. The van der Waals surface area contributed by atoms with E-state index in [4.69, 9.17) is 5.11 Å². The van der Waals surface area contributed by atoms with Crippen molar-refractivity contribution in [2.75, 3.05) is 5.32 Å². The van der Waals surface area contributed by atoms with Crippen LogP contribution in [0.4, 0.5) is 14.5 Å². The Morgan fingerprint density at radius 2 is 1.90 bits per heavy atom. The molecule has 0 aliphatic heterocycles. The number of nitrogens with one attached hydrogen (secondary N) is 1. The van der Waals surface area contributed by atoms with Gasteiger partial charge >= 0.3 is 5.97 Å².